The minimum atomic E-state index is -0.0296. The fourth-order valence-electron chi connectivity index (χ4n) is 3.33. The van der Waals surface area contributed by atoms with Crippen LogP contribution in [0.15, 0.2) is 84.0 Å². The van der Waals surface area contributed by atoms with Gasteiger partial charge in [0, 0.05) is 10.4 Å². The number of thioether (sulfide) groups is 1. The van der Waals surface area contributed by atoms with Gasteiger partial charge in [-0.25, -0.2) is 9.66 Å². The number of nitrogens with zero attached hydrogens (tertiary/aromatic N) is 3. The number of hydrogen-bond acceptors (Lipinski definition) is 4. The number of fused-ring (bicyclic) bond motifs is 2. The molecule has 1 aliphatic rings. The maximum atomic E-state index is 8.83. The van der Waals surface area contributed by atoms with Crippen molar-refractivity contribution in [3.05, 3.63) is 94.9 Å². The van der Waals surface area contributed by atoms with Gasteiger partial charge in [-0.2, -0.15) is 0 Å². The van der Waals surface area contributed by atoms with Crippen LogP contribution in [0.3, 0.4) is 0 Å². The van der Waals surface area contributed by atoms with Crippen molar-refractivity contribution in [2.75, 3.05) is 5.01 Å². The zero-order chi connectivity index (χ0) is 18.4. The normalized spacial score (nSPS) is 15.9. The highest BCUT2D eigenvalue weighted by atomic mass is 35.5. The molecule has 27 heavy (non-hydrogen) atoms. The second-order valence-electron chi connectivity index (χ2n) is 6.27. The number of anilines is 1. The molecule has 0 radical (unpaired) electrons. The van der Waals surface area contributed by atoms with E-state index < -0.39 is 0 Å². The maximum Gasteiger partial charge on any atom is 0.192 e. The Morgan fingerprint density at radius 1 is 0.889 bits per heavy atom. The summed E-state index contributed by atoms with van der Waals surface area (Å²) in [5, 5.41) is 13.3. The molecule has 5 rings (SSSR count). The van der Waals surface area contributed by atoms with Crippen LogP contribution in [0.5, 0.6) is 0 Å². The second-order valence-corrected chi connectivity index (χ2v) is 7.76. The lowest BCUT2D eigenvalue weighted by atomic mass is 10.2. The molecule has 0 spiro atoms. The van der Waals surface area contributed by atoms with Gasteiger partial charge in [0.05, 0.1) is 11.2 Å². The molecular weight excluding hydrogens is 376 g/mol. The van der Waals surface area contributed by atoms with E-state index in [0.717, 1.165) is 27.3 Å². The minimum Gasteiger partial charge on any atom is -0.282 e. The van der Waals surface area contributed by atoms with Crippen molar-refractivity contribution in [2.45, 2.75) is 10.5 Å². The summed E-state index contributed by atoms with van der Waals surface area (Å²) in [5.41, 5.74) is 3.40. The van der Waals surface area contributed by atoms with Crippen LogP contribution in [0.1, 0.15) is 10.9 Å². The summed E-state index contributed by atoms with van der Waals surface area (Å²) in [6, 6.07) is 25.8. The standard InChI is InChI=1S/C21H15ClN4S/c22-15-12-10-14(11-13-15)20-25(16-6-2-1-3-7-16)26-19(23)17-8-4-5-9-18(17)24-21(26)27-20/h1-13,20,23H/t20-/m1/s1. The summed E-state index contributed by atoms with van der Waals surface area (Å²) in [4.78, 5) is 4.82. The van der Waals surface area contributed by atoms with Crippen molar-refractivity contribution in [2.24, 2.45) is 0 Å². The Bertz CT molecular complexity index is 1190. The second kappa shape index (κ2) is 6.44. The summed E-state index contributed by atoms with van der Waals surface area (Å²) in [6.45, 7) is 0. The quantitative estimate of drug-likeness (QED) is 0.476. The first-order chi connectivity index (χ1) is 13.2. The fraction of sp³-hybridized carbons (Fsp3) is 0.0476. The van der Waals surface area contributed by atoms with E-state index in [1.54, 1.807) is 11.8 Å². The first kappa shape index (κ1) is 16.4. The Balaban J connectivity index is 1.76. The van der Waals surface area contributed by atoms with Crippen LogP contribution in [0.25, 0.3) is 10.9 Å². The van der Waals surface area contributed by atoms with Gasteiger partial charge in [0.15, 0.2) is 10.6 Å². The SMILES string of the molecule is N=c1c2ccccc2nc2n1N(c1ccccc1)[C@@H](c1ccc(Cl)cc1)S2. The summed E-state index contributed by atoms with van der Waals surface area (Å²) in [6.07, 6.45) is 0. The Morgan fingerprint density at radius 3 is 2.37 bits per heavy atom. The van der Waals surface area contributed by atoms with Crippen molar-refractivity contribution in [1.82, 2.24) is 9.66 Å². The van der Waals surface area contributed by atoms with Crippen LogP contribution in [0, 0.1) is 5.41 Å². The molecule has 0 aliphatic carbocycles. The molecule has 1 aliphatic heterocycles. The number of nitrogens with one attached hydrogen (secondary N) is 1. The molecule has 0 saturated carbocycles. The van der Waals surface area contributed by atoms with E-state index in [1.807, 2.05) is 71.4 Å². The van der Waals surface area contributed by atoms with Crippen molar-refractivity contribution >= 4 is 40.0 Å². The molecule has 1 N–H and O–H groups in total. The molecule has 4 aromatic rings. The van der Waals surface area contributed by atoms with Gasteiger partial charge in [0.1, 0.15) is 5.37 Å². The first-order valence-corrected chi connectivity index (χ1v) is 9.81. The van der Waals surface area contributed by atoms with Gasteiger partial charge >= 0.3 is 0 Å². The summed E-state index contributed by atoms with van der Waals surface area (Å²) in [7, 11) is 0. The molecule has 132 valence electrons. The third-order valence-electron chi connectivity index (χ3n) is 4.60. The number of para-hydroxylation sites is 2. The summed E-state index contributed by atoms with van der Waals surface area (Å²) < 4.78 is 1.90. The average molecular weight is 391 g/mol. The predicted octanol–water partition coefficient (Wildman–Crippen LogP) is 5.24. The zero-order valence-corrected chi connectivity index (χ0v) is 15.8. The van der Waals surface area contributed by atoms with Crippen molar-refractivity contribution in [1.29, 1.82) is 5.41 Å². The van der Waals surface area contributed by atoms with Crippen molar-refractivity contribution < 1.29 is 0 Å². The predicted molar refractivity (Wildman–Crippen MR) is 110 cm³/mol. The fourth-order valence-corrected chi connectivity index (χ4v) is 4.70. The zero-order valence-electron chi connectivity index (χ0n) is 14.2. The highest BCUT2D eigenvalue weighted by Gasteiger charge is 2.34. The van der Waals surface area contributed by atoms with E-state index in [1.165, 1.54) is 0 Å². The van der Waals surface area contributed by atoms with Crippen LogP contribution in [-0.4, -0.2) is 9.66 Å². The maximum absolute atomic E-state index is 8.83. The topological polar surface area (TPSA) is 44.9 Å². The van der Waals surface area contributed by atoms with Crippen LogP contribution in [0.4, 0.5) is 5.69 Å². The monoisotopic (exact) mass is 390 g/mol. The average Bonchev–Trinajstić information content (AvgIpc) is 3.09. The summed E-state index contributed by atoms with van der Waals surface area (Å²) in [5.74, 6) is 0. The summed E-state index contributed by atoms with van der Waals surface area (Å²) >= 11 is 7.73. The Morgan fingerprint density at radius 2 is 1.59 bits per heavy atom. The first-order valence-electron chi connectivity index (χ1n) is 8.55. The van der Waals surface area contributed by atoms with Gasteiger partial charge in [-0.15, -0.1) is 0 Å². The van der Waals surface area contributed by atoms with Crippen molar-refractivity contribution in [3.8, 4) is 0 Å². The third-order valence-corrected chi connectivity index (χ3v) is 6.02. The van der Waals surface area contributed by atoms with Crippen LogP contribution >= 0.6 is 23.4 Å². The van der Waals surface area contributed by atoms with E-state index >= 15 is 0 Å². The van der Waals surface area contributed by atoms with Gasteiger partial charge in [0.2, 0.25) is 0 Å². The smallest absolute Gasteiger partial charge is 0.192 e. The van der Waals surface area contributed by atoms with E-state index in [4.69, 9.17) is 22.0 Å². The number of rotatable bonds is 2. The Labute approximate surface area is 165 Å². The third kappa shape index (κ3) is 2.71. The molecular formula is C21H15ClN4S. The number of aromatic nitrogens is 2. The van der Waals surface area contributed by atoms with Crippen LogP contribution in [-0.2, 0) is 0 Å². The van der Waals surface area contributed by atoms with E-state index in [0.29, 0.717) is 10.5 Å². The molecule has 4 nitrogen and oxygen atoms in total. The van der Waals surface area contributed by atoms with Gasteiger partial charge in [-0.05, 0) is 42.0 Å². The van der Waals surface area contributed by atoms with Gasteiger partial charge in [0.25, 0.3) is 0 Å². The molecule has 0 saturated heterocycles. The van der Waals surface area contributed by atoms with Crippen LogP contribution < -0.4 is 10.5 Å². The largest absolute Gasteiger partial charge is 0.282 e. The van der Waals surface area contributed by atoms with Gasteiger partial charge in [-0.1, -0.05) is 65.8 Å². The highest BCUT2D eigenvalue weighted by Crippen LogP contribution is 2.45. The molecule has 0 amide bonds. The molecule has 3 aromatic carbocycles. The molecule has 1 atom stereocenters. The lowest BCUT2D eigenvalue weighted by molar-refractivity contribution is 0.605. The molecule has 0 unspecified atom stereocenters. The molecule has 1 aromatic heterocycles. The lowest BCUT2D eigenvalue weighted by Crippen LogP contribution is -2.37. The number of benzene rings is 3. The minimum absolute atomic E-state index is 0.0296. The van der Waals surface area contributed by atoms with E-state index in [9.17, 15) is 0 Å². The number of hydrogen-bond donors (Lipinski definition) is 1. The molecule has 0 bridgehead atoms. The number of halogens is 1. The Hall–Kier alpha value is -2.76. The molecule has 6 heteroatoms. The van der Waals surface area contributed by atoms with Crippen LogP contribution in [0.2, 0.25) is 5.02 Å². The van der Waals surface area contributed by atoms with E-state index in [2.05, 4.69) is 17.1 Å². The van der Waals surface area contributed by atoms with Crippen molar-refractivity contribution in [3.63, 3.8) is 0 Å². The molecule has 0 fully saturated rings. The van der Waals surface area contributed by atoms with Gasteiger partial charge < -0.3 is 0 Å². The lowest BCUT2D eigenvalue weighted by Gasteiger charge is -2.27. The van der Waals surface area contributed by atoms with Gasteiger partial charge in [-0.3, -0.25) is 10.4 Å². The van der Waals surface area contributed by atoms with E-state index in [-0.39, 0.29) is 5.37 Å². The Kier molecular flexibility index (Phi) is 3.92. The molecule has 2 heterocycles. The highest BCUT2D eigenvalue weighted by molar-refractivity contribution is 7.99.